The molecule has 10 nitrogen and oxygen atoms in total. The number of morpholine rings is 1. The molecule has 0 radical (unpaired) electrons. The number of fused-ring (bicyclic) bond motifs is 1. The quantitative estimate of drug-likeness (QED) is 0.588. The van der Waals surface area contributed by atoms with E-state index in [-0.39, 0.29) is 6.04 Å². The molecule has 1 aromatic carbocycles. The van der Waals surface area contributed by atoms with Gasteiger partial charge in [0.2, 0.25) is 5.95 Å². The maximum Gasteiger partial charge on any atom is 0.252 e. The molecule has 2 fully saturated rings. The number of nitrogens with zero attached hydrogens (tertiary/aromatic N) is 6. The fraction of sp³-hybridized carbons (Fsp3) is 0.440. The van der Waals surface area contributed by atoms with Gasteiger partial charge in [-0.1, -0.05) is 0 Å². The van der Waals surface area contributed by atoms with Crippen LogP contribution in [0.4, 0.5) is 11.8 Å². The van der Waals surface area contributed by atoms with Crippen molar-refractivity contribution in [3.05, 3.63) is 35.9 Å². The average molecular weight is 478 g/mol. The van der Waals surface area contributed by atoms with Gasteiger partial charge in [0.05, 0.1) is 43.0 Å². The van der Waals surface area contributed by atoms with Crippen molar-refractivity contribution >= 4 is 28.7 Å². The number of likely N-dealkylation sites (N-methyl/N-ethyl adjacent to an activating group) is 1. The SMILES string of the molecule is COc1ccc(-c2ccc3c(N4CCOCC4C)nc(N4CCN(C)CC4)nc3n2)cc1C(N)=O. The Kier molecular flexibility index (Phi) is 6.40. The van der Waals surface area contributed by atoms with Gasteiger partial charge in [-0.3, -0.25) is 4.79 Å². The third-order valence-corrected chi connectivity index (χ3v) is 6.71. The number of pyridine rings is 1. The number of piperazine rings is 1. The molecule has 0 spiro atoms. The van der Waals surface area contributed by atoms with Gasteiger partial charge in [0.1, 0.15) is 11.6 Å². The Labute approximate surface area is 204 Å². The van der Waals surface area contributed by atoms with E-state index in [2.05, 4.69) is 28.7 Å². The lowest BCUT2D eigenvalue weighted by Gasteiger charge is -2.36. The van der Waals surface area contributed by atoms with Gasteiger partial charge in [-0.2, -0.15) is 9.97 Å². The molecular formula is C25H31N7O3. The van der Waals surface area contributed by atoms with E-state index in [9.17, 15) is 4.79 Å². The lowest BCUT2D eigenvalue weighted by molar-refractivity contribution is 0.0986. The predicted octanol–water partition coefficient (Wildman–Crippen LogP) is 1.78. The Balaban J connectivity index is 1.62. The molecular weight excluding hydrogens is 446 g/mol. The van der Waals surface area contributed by atoms with Crippen molar-refractivity contribution in [1.29, 1.82) is 0 Å². The zero-order valence-corrected chi connectivity index (χ0v) is 20.4. The second-order valence-electron chi connectivity index (χ2n) is 9.10. The van der Waals surface area contributed by atoms with E-state index < -0.39 is 5.91 Å². The number of rotatable bonds is 5. The first kappa shape index (κ1) is 23.3. The number of methoxy groups -OCH3 is 1. The summed E-state index contributed by atoms with van der Waals surface area (Å²) < 4.78 is 11.0. The molecule has 0 aliphatic carbocycles. The average Bonchev–Trinajstić information content (AvgIpc) is 2.88. The van der Waals surface area contributed by atoms with Crippen LogP contribution in [-0.2, 0) is 4.74 Å². The number of carbonyl (C=O) groups is 1. The molecule has 5 rings (SSSR count). The molecule has 2 aliphatic heterocycles. The monoisotopic (exact) mass is 477 g/mol. The number of hydrogen-bond donors (Lipinski definition) is 1. The molecule has 2 N–H and O–H groups in total. The largest absolute Gasteiger partial charge is 0.496 e. The van der Waals surface area contributed by atoms with Crippen LogP contribution in [0.2, 0.25) is 0 Å². The van der Waals surface area contributed by atoms with Gasteiger partial charge in [-0.25, -0.2) is 4.98 Å². The summed E-state index contributed by atoms with van der Waals surface area (Å²) in [5.41, 5.74) is 7.97. The van der Waals surface area contributed by atoms with Crippen LogP contribution < -0.4 is 20.3 Å². The number of amides is 1. The minimum Gasteiger partial charge on any atom is -0.496 e. The van der Waals surface area contributed by atoms with Crippen molar-refractivity contribution in [3.63, 3.8) is 0 Å². The van der Waals surface area contributed by atoms with Crippen LogP contribution in [0.15, 0.2) is 30.3 Å². The first-order valence-electron chi connectivity index (χ1n) is 11.9. The van der Waals surface area contributed by atoms with E-state index in [0.29, 0.717) is 41.8 Å². The first-order valence-corrected chi connectivity index (χ1v) is 11.9. The number of hydrogen-bond acceptors (Lipinski definition) is 9. The van der Waals surface area contributed by atoms with Crippen LogP contribution in [0, 0.1) is 0 Å². The number of ether oxygens (including phenoxy) is 2. The van der Waals surface area contributed by atoms with E-state index >= 15 is 0 Å². The highest BCUT2D eigenvalue weighted by molar-refractivity contribution is 5.97. The Morgan fingerprint density at radius 1 is 1.09 bits per heavy atom. The van der Waals surface area contributed by atoms with Crippen LogP contribution in [0.3, 0.4) is 0 Å². The highest BCUT2D eigenvalue weighted by Crippen LogP contribution is 2.32. The molecule has 0 saturated carbocycles. The third kappa shape index (κ3) is 4.59. The molecule has 4 heterocycles. The molecule has 0 bridgehead atoms. The van der Waals surface area contributed by atoms with Crippen molar-refractivity contribution in [2.24, 2.45) is 5.73 Å². The Morgan fingerprint density at radius 3 is 2.60 bits per heavy atom. The normalized spacial score (nSPS) is 19.2. The summed E-state index contributed by atoms with van der Waals surface area (Å²) in [5.74, 6) is 1.46. The number of primary amides is 1. The smallest absolute Gasteiger partial charge is 0.252 e. The number of benzene rings is 1. The van der Waals surface area contributed by atoms with E-state index in [1.165, 1.54) is 7.11 Å². The summed E-state index contributed by atoms with van der Waals surface area (Å²) in [6.07, 6.45) is 0. The van der Waals surface area contributed by atoms with E-state index in [1.807, 2.05) is 18.2 Å². The maximum atomic E-state index is 11.9. The molecule has 35 heavy (non-hydrogen) atoms. The number of carbonyl (C=O) groups excluding carboxylic acids is 1. The van der Waals surface area contributed by atoms with E-state index in [4.69, 9.17) is 30.2 Å². The minimum absolute atomic E-state index is 0.196. The molecule has 1 atom stereocenters. The zero-order chi connectivity index (χ0) is 24.5. The van der Waals surface area contributed by atoms with Crippen molar-refractivity contribution in [3.8, 4) is 17.0 Å². The van der Waals surface area contributed by atoms with Crippen LogP contribution in [0.1, 0.15) is 17.3 Å². The van der Waals surface area contributed by atoms with Gasteiger partial charge >= 0.3 is 0 Å². The van der Waals surface area contributed by atoms with Gasteiger partial charge in [-0.15, -0.1) is 0 Å². The van der Waals surface area contributed by atoms with Crippen LogP contribution >= 0.6 is 0 Å². The van der Waals surface area contributed by atoms with Gasteiger partial charge in [0.25, 0.3) is 5.91 Å². The van der Waals surface area contributed by atoms with E-state index in [0.717, 1.165) is 49.5 Å². The standard InChI is InChI=1S/C25H31N7O3/c1-16-15-35-13-12-32(16)24-18-5-6-20(17-4-7-21(34-3)19(14-17)22(26)33)27-23(18)28-25(29-24)31-10-8-30(2)9-11-31/h4-7,14,16H,8-13,15H2,1-3H3,(H2,26,33). The lowest BCUT2D eigenvalue weighted by atomic mass is 10.1. The van der Waals surface area contributed by atoms with Crippen molar-refractivity contribution in [1.82, 2.24) is 19.9 Å². The Bertz CT molecular complexity index is 1240. The molecule has 3 aromatic rings. The summed E-state index contributed by atoms with van der Waals surface area (Å²) in [4.78, 5) is 33.6. The predicted molar refractivity (Wildman–Crippen MR) is 135 cm³/mol. The first-order chi connectivity index (χ1) is 16.9. The molecule has 2 aliphatic rings. The van der Waals surface area contributed by atoms with Crippen molar-refractivity contribution < 1.29 is 14.3 Å². The maximum absolute atomic E-state index is 11.9. The van der Waals surface area contributed by atoms with Gasteiger partial charge < -0.3 is 29.9 Å². The fourth-order valence-corrected chi connectivity index (χ4v) is 4.61. The fourth-order valence-electron chi connectivity index (χ4n) is 4.61. The lowest BCUT2D eigenvalue weighted by Crippen LogP contribution is -2.46. The molecule has 1 amide bonds. The summed E-state index contributed by atoms with van der Waals surface area (Å²) in [7, 11) is 3.64. The molecule has 184 valence electrons. The highest BCUT2D eigenvalue weighted by atomic mass is 16.5. The number of aromatic nitrogens is 3. The Morgan fingerprint density at radius 2 is 1.89 bits per heavy atom. The topological polar surface area (TPSA) is 110 Å². The van der Waals surface area contributed by atoms with Crippen LogP contribution in [0.25, 0.3) is 22.3 Å². The second kappa shape index (κ2) is 9.63. The highest BCUT2D eigenvalue weighted by Gasteiger charge is 2.26. The Hall–Kier alpha value is -3.50. The summed E-state index contributed by atoms with van der Waals surface area (Å²) in [5, 5.41) is 0.893. The zero-order valence-electron chi connectivity index (χ0n) is 20.4. The second-order valence-corrected chi connectivity index (χ2v) is 9.10. The van der Waals surface area contributed by atoms with Crippen LogP contribution in [0.5, 0.6) is 5.75 Å². The van der Waals surface area contributed by atoms with Crippen molar-refractivity contribution in [2.75, 3.05) is 69.9 Å². The number of nitrogens with two attached hydrogens (primary N) is 1. The van der Waals surface area contributed by atoms with Crippen LogP contribution in [-0.4, -0.2) is 91.9 Å². The van der Waals surface area contributed by atoms with E-state index in [1.54, 1.807) is 12.1 Å². The molecule has 10 heteroatoms. The number of anilines is 2. The van der Waals surface area contributed by atoms with Crippen molar-refractivity contribution in [2.45, 2.75) is 13.0 Å². The van der Waals surface area contributed by atoms with Gasteiger partial charge in [0.15, 0.2) is 5.65 Å². The third-order valence-electron chi connectivity index (χ3n) is 6.71. The van der Waals surface area contributed by atoms with Gasteiger partial charge in [0, 0.05) is 38.3 Å². The minimum atomic E-state index is -0.548. The summed E-state index contributed by atoms with van der Waals surface area (Å²) in [6.45, 7) is 7.86. The van der Waals surface area contributed by atoms with Gasteiger partial charge in [-0.05, 0) is 44.3 Å². The summed E-state index contributed by atoms with van der Waals surface area (Å²) in [6, 6.07) is 9.45. The molecule has 2 saturated heterocycles. The summed E-state index contributed by atoms with van der Waals surface area (Å²) >= 11 is 0. The molecule has 2 aromatic heterocycles. The molecule has 1 unspecified atom stereocenters.